The molecule has 1 aliphatic carbocycles. The molecule has 3 N–H and O–H groups in total. The number of carboxylic acid groups (broad SMARTS) is 1. The van der Waals surface area contributed by atoms with E-state index in [-0.39, 0.29) is 12.0 Å². The van der Waals surface area contributed by atoms with Crippen LogP contribution in [0.4, 0.5) is 0 Å². The highest BCUT2D eigenvalue weighted by molar-refractivity contribution is 5.85. The fourth-order valence-corrected chi connectivity index (χ4v) is 3.74. The van der Waals surface area contributed by atoms with Crippen molar-refractivity contribution in [2.45, 2.75) is 104 Å². The van der Waals surface area contributed by atoms with Crippen LogP contribution in [0.1, 0.15) is 85.5 Å². The van der Waals surface area contributed by atoms with Crippen molar-refractivity contribution in [2.75, 3.05) is 26.2 Å². The number of hydrogen-bond donors (Lipinski definition) is 3. The molecule has 0 saturated heterocycles. The molecule has 0 spiro atoms. The maximum Gasteiger partial charge on any atom is 0.110 e. The molecular formula is C23H45NO5. The number of quaternary nitrogens is 1. The van der Waals surface area contributed by atoms with Crippen molar-refractivity contribution >= 4 is 5.97 Å². The van der Waals surface area contributed by atoms with E-state index in [9.17, 15) is 9.90 Å². The molecular weight excluding hydrogens is 370 g/mol. The number of rotatable bonds is 13. The molecule has 0 saturated carbocycles. The lowest BCUT2D eigenvalue weighted by Gasteiger charge is -2.39. The fourth-order valence-electron chi connectivity index (χ4n) is 3.74. The van der Waals surface area contributed by atoms with E-state index in [1.165, 1.54) is 82.0 Å². The Balaban J connectivity index is 0.000000571. The Morgan fingerprint density at radius 2 is 1.28 bits per heavy atom. The highest BCUT2D eigenvalue weighted by Gasteiger charge is 2.29. The molecule has 172 valence electrons. The third kappa shape index (κ3) is 11.1. The van der Waals surface area contributed by atoms with Crippen LogP contribution in [0.25, 0.3) is 0 Å². The molecule has 0 fully saturated rings. The first-order valence-electron chi connectivity index (χ1n) is 11.6. The SMILES string of the molecule is CCCC[N+](CCCC)(CCCC)CCCC.O=C([O-])C1=CC(O)C(O)C(O)C1. The van der Waals surface area contributed by atoms with Gasteiger partial charge in [-0.1, -0.05) is 53.4 Å². The summed E-state index contributed by atoms with van der Waals surface area (Å²) in [7, 11) is 0. The molecule has 1 aliphatic rings. The predicted molar refractivity (Wildman–Crippen MR) is 115 cm³/mol. The summed E-state index contributed by atoms with van der Waals surface area (Å²) in [6.07, 6.45) is 7.96. The molecule has 1 rings (SSSR count). The van der Waals surface area contributed by atoms with E-state index < -0.39 is 24.3 Å². The van der Waals surface area contributed by atoms with Crippen LogP contribution in [0.15, 0.2) is 11.6 Å². The molecule has 29 heavy (non-hydrogen) atoms. The van der Waals surface area contributed by atoms with Gasteiger partial charge in [0.25, 0.3) is 0 Å². The van der Waals surface area contributed by atoms with Crippen molar-refractivity contribution < 1.29 is 29.7 Å². The van der Waals surface area contributed by atoms with E-state index in [0.29, 0.717) is 0 Å². The lowest BCUT2D eigenvalue weighted by molar-refractivity contribution is -0.929. The number of aliphatic hydroxyl groups excluding tert-OH is 3. The van der Waals surface area contributed by atoms with Crippen molar-refractivity contribution in [3.8, 4) is 0 Å². The van der Waals surface area contributed by atoms with Gasteiger partial charge in [-0.25, -0.2) is 0 Å². The van der Waals surface area contributed by atoms with E-state index in [4.69, 9.17) is 15.3 Å². The molecule has 0 amide bonds. The van der Waals surface area contributed by atoms with Crippen molar-refractivity contribution in [2.24, 2.45) is 0 Å². The zero-order chi connectivity index (χ0) is 22.3. The first-order chi connectivity index (χ1) is 13.8. The van der Waals surface area contributed by atoms with E-state index in [2.05, 4.69) is 27.7 Å². The summed E-state index contributed by atoms with van der Waals surface area (Å²) in [4.78, 5) is 10.3. The quantitative estimate of drug-likeness (QED) is 0.400. The highest BCUT2D eigenvalue weighted by atomic mass is 16.4. The third-order valence-electron chi connectivity index (χ3n) is 5.75. The molecule has 0 radical (unpaired) electrons. The standard InChI is InChI=1S/C16H36N.C7H10O5/c1-5-9-13-17(14-10-6-2,15-11-7-3)16-12-8-4;8-4-1-3(7(11)12)2-5(9)6(4)10/h5-16H2,1-4H3;1,4-6,8-10H,2H2,(H,11,12)/q+1;/p-1. The van der Waals surface area contributed by atoms with Gasteiger partial charge in [0.05, 0.1) is 38.3 Å². The summed E-state index contributed by atoms with van der Waals surface area (Å²) in [5.41, 5.74) is -0.180. The Kier molecular flexibility index (Phi) is 15.3. The van der Waals surface area contributed by atoms with Gasteiger partial charge in [-0.3, -0.25) is 0 Å². The Hall–Kier alpha value is -0.950. The van der Waals surface area contributed by atoms with Crippen LogP contribution >= 0.6 is 0 Å². The van der Waals surface area contributed by atoms with E-state index >= 15 is 0 Å². The van der Waals surface area contributed by atoms with Crippen LogP contribution < -0.4 is 5.11 Å². The smallest absolute Gasteiger partial charge is 0.110 e. The minimum atomic E-state index is -1.43. The zero-order valence-electron chi connectivity index (χ0n) is 19.1. The monoisotopic (exact) mass is 415 g/mol. The predicted octanol–water partition coefficient (Wildman–Crippen LogP) is 2.15. The molecule has 3 unspecified atom stereocenters. The summed E-state index contributed by atoms with van der Waals surface area (Å²) in [5.74, 6) is -1.43. The average molecular weight is 416 g/mol. The molecule has 6 heteroatoms. The first kappa shape index (κ1) is 28.1. The number of carbonyl (C=O) groups is 1. The van der Waals surface area contributed by atoms with Crippen molar-refractivity contribution in [1.82, 2.24) is 0 Å². The van der Waals surface area contributed by atoms with Gasteiger partial charge in [-0.15, -0.1) is 0 Å². The second-order valence-corrected chi connectivity index (χ2v) is 8.38. The summed E-state index contributed by atoms with van der Waals surface area (Å²) >= 11 is 0. The molecule has 0 aromatic carbocycles. The second-order valence-electron chi connectivity index (χ2n) is 8.38. The number of carboxylic acids is 1. The van der Waals surface area contributed by atoms with Crippen molar-refractivity contribution in [1.29, 1.82) is 0 Å². The summed E-state index contributed by atoms with van der Waals surface area (Å²) in [5, 5.41) is 37.3. The maximum absolute atomic E-state index is 10.3. The van der Waals surface area contributed by atoms with Crippen LogP contribution in [-0.4, -0.2) is 70.3 Å². The van der Waals surface area contributed by atoms with Crippen LogP contribution in [-0.2, 0) is 4.79 Å². The van der Waals surface area contributed by atoms with Crippen molar-refractivity contribution in [3.05, 3.63) is 11.6 Å². The fraction of sp³-hybridized carbons (Fsp3) is 0.870. The second kappa shape index (κ2) is 15.8. The van der Waals surface area contributed by atoms with Gasteiger partial charge < -0.3 is 29.7 Å². The van der Waals surface area contributed by atoms with Gasteiger partial charge in [0.15, 0.2) is 0 Å². The van der Waals surface area contributed by atoms with Gasteiger partial charge in [0.1, 0.15) is 12.2 Å². The van der Waals surface area contributed by atoms with Crippen molar-refractivity contribution in [3.63, 3.8) is 0 Å². The first-order valence-corrected chi connectivity index (χ1v) is 11.6. The largest absolute Gasteiger partial charge is 0.545 e. The summed E-state index contributed by atoms with van der Waals surface area (Å²) in [6.45, 7) is 15.0. The molecule has 6 nitrogen and oxygen atoms in total. The Morgan fingerprint density at radius 1 is 0.897 bits per heavy atom. The molecule has 0 heterocycles. The summed E-state index contributed by atoms with van der Waals surface area (Å²) < 4.78 is 1.42. The number of aliphatic hydroxyl groups is 3. The Labute approximate surface area is 177 Å². The van der Waals surface area contributed by atoms with Crippen LogP contribution in [0.5, 0.6) is 0 Å². The third-order valence-corrected chi connectivity index (χ3v) is 5.75. The molecule has 0 aromatic heterocycles. The van der Waals surface area contributed by atoms with E-state index in [1.807, 2.05) is 0 Å². The molecule has 0 aliphatic heterocycles. The van der Waals surface area contributed by atoms with Crippen LogP contribution in [0, 0.1) is 0 Å². The number of nitrogens with zero attached hydrogens (tertiary/aromatic N) is 1. The van der Waals surface area contributed by atoms with E-state index in [1.54, 1.807) is 0 Å². The van der Waals surface area contributed by atoms with Gasteiger partial charge in [-0.05, 0) is 37.3 Å². The minimum Gasteiger partial charge on any atom is -0.545 e. The van der Waals surface area contributed by atoms with Gasteiger partial charge in [0, 0.05) is 6.42 Å². The Bertz CT molecular complexity index is 429. The van der Waals surface area contributed by atoms with Crippen LogP contribution in [0.2, 0.25) is 0 Å². The summed E-state index contributed by atoms with van der Waals surface area (Å²) in [6, 6.07) is 0. The van der Waals surface area contributed by atoms with Gasteiger partial charge >= 0.3 is 0 Å². The minimum absolute atomic E-state index is 0.180. The van der Waals surface area contributed by atoms with Gasteiger partial charge in [0.2, 0.25) is 0 Å². The average Bonchev–Trinajstić information content (AvgIpc) is 2.71. The highest BCUT2D eigenvalue weighted by Crippen LogP contribution is 2.19. The maximum atomic E-state index is 10.3. The molecule has 3 atom stereocenters. The topological polar surface area (TPSA) is 101 Å². The van der Waals surface area contributed by atoms with E-state index in [0.717, 1.165) is 6.08 Å². The lowest BCUT2D eigenvalue weighted by atomic mass is 9.92. The number of hydrogen-bond acceptors (Lipinski definition) is 5. The molecule has 0 aromatic rings. The van der Waals surface area contributed by atoms with Crippen LogP contribution in [0.3, 0.4) is 0 Å². The zero-order valence-corrected chi connectivity index (χ0v) is 19.1. The number of aliphatic carboxylic acids is 1. The molecule has 0 bridgehead atoms. The number of unbranched alkanes of at least 4 members (excludes halogenated alkanes) is 4. The normalized spacial score (nSPS) is 21.9. The number of carbonyl (C=O) groups excluding carboxylic acids is 1. The Morgan fingerprint density at radius 3 is 1.55 bits per heavy atom. The van der Waals surface area contributed by atoms with Gasteiger partial charge in [-0.2, -0.15) is 0 Å². The lowest BCUT2D eigenvalue weighted by Crippen LogP contribution is -2.50.